The van der Waals surface area contributed by atoms with E-state index < -0.39 is 0 Å². The lowest BCUT2D eigenvalue weighted by Gasteiger charge is -2.26. The van der Waals surface area contributed by atoms with Gasteiger partial charge in [-0.1, -0.05) is 79.1 Å². The minimum atomic E-state index is -0.156. The van der Waals surface area contributed by atoms with Crippen molar-refractivity contribution in [2.45, 2.75) is 39.3 Å². The van der Waals surface area contributed by atoms with Crippen LogP contribution < -0.4 is 0 Å². The van der Waals surface area contributed by atoms with Gasteiger partial charge in [-0.2, -0.15) is 0 Å². The van der Waals surface area contributed by atoms with Crippen LogP contribution in [0.4, 0.5) is 0 Å². The van der Waals surface area contributed by atoms with Crippen molar-refractivity contribution in [1.82, 2.24) is 4.90 Å². The summed E-state index contributed by atoms with van der Waals surface area (Å²) in [6.07, 6.45) is 1.01. The minimum Gasteiger partial charge on any atom is -0.390 e. The van der Waals surface area contributed by atoms with Gasteiger partial charge in [0.25, 0.3) is 0 Å². The Kier molecular flexibility index (Phi) is 6.51. The molecule has 0 N–H and O–H groups in total. The molecule has 4 nitrogen and oxygen atoms in total. The summed E-state index contributed by atoms with van der Waals surface area (Å²) in [6.45, 7) is 5.21. The first-order chi connectivity index (χ1) is 13.0. The van der Waals surface area contributed by atoms with Crippen molar-refractivity contribution in [3.05, 3.63) is 70.7 Å². The van der Waals surface area contributed by atoms with Crippen molar-refractivity contribution in [1.29, 1.82) is 0 Å². The number of oxime groups is 1. The number of halogens is 1. The van der Waals surface area contributed by atoms with Gasteiger partial charge in [0.15, 0.2) is 6.10 Å². The summed E-state index contributed by atoms with van der Waals surface area (Å²) < 4.78 is 0. The van der Waals surface area contributed by atoms with Crippen LogP contribution in [-0.4, -0.2) is 29.2 Å². The van der Waals surface area contributed by atoms with Crippen LogP contribution in [0.3, 0.4) is 0 Å². The Balaban J connectivity index is 1.67. The van der Waals surface area contributed by atoms with E-state index in [2.05, 4.69) is 19.0 Å². The molecule has 2 aromatic rings. The summed E-state index contributed by atoms with van der Waals surface area (Å²) in [4.78, 5) is 20.3. The molecule has 27 heavy (non-hydrogen) atoms. The zero-order valence-corrected chi connectivity index (χ0v) is 16.5. The maximum atomic E-state index is 12.8. The number of nitrogens with zero attached hydrogens (tertiary/aromatic N) is 2. The van der Waals surface area contributed by atoms with Gasteiger partial charge in [-0.05, 0) is 17.5 Å². The zero-order valence-electron chi connectivity index (χ0n) is 15.8. The van der Waals surface area contributed by atoms with E-state index in [1.54, 1.807) is 0 Å². The van der Waals surface area contributed by atoms with Gasteiger partial charge in [-0.25, -0.2) is 0 Å². The Hall–Kier alpha value is -2.33. The third-order valence-corrected chi connectivity index (χ3v) is 4.82. The van der Waals surface area contributed by atoms with Crippen molar-refractivity contribution in [3.63, 3.8) is 0 Å². The molecule has 0 saturated carbocycles. The molecule has 0 saturated heterocycles. The van der Waals surface area contributed by atoms with Crippen molar-refractivity contribution in [3.8, 4) is 0 Å². The molecule has 2 aromatic carbocycles. The van der Waals surface area contributed by atoms with Crippen molar-refractivity contribution in [2.75, 3.05) is 6.54 Å². The highest BCUT2D eigenvalue weighted by Gasteiger charge is 2.27. The molecule has 1 unspecified atom stereocenters. The molecule has 1 atom stereocenters. The Labute approximate surface area is 165 Å². The smallest absolute Gasteiger partial charge is 0.223 e. The number of hydrogen-bond acceptors (Lipinski definition) is 3. The molecule has 5 heteroatoms. The largest absolute Gasteiger partial charge is 0.390 e. The van der Waals surface area contributed by atoms with Crippen LogP contribution in [0.1, 0.15) is 37.8 Å². The van der Waals surface area contributed by atoms with E-state index >= 15 is 0 Å². The fraction of sp³-hybridized carbons (Fsp3) is 0.364. The fourth-order valence-corrected chi connectivity index (χ4v) is 3.41. The SMILES string of the molecule is CC(C)CC(=O)N(Cc1ccccc1)CC1CC(c2ccccc2Cl)=NO1. The van der Waals surface area contributed by atoms with Crippen molar-refractivity contribution < 1.29 is 9.63 Å². The number of carbonyl (C=O) groups is 1. The van der Waals surface area contributed by atoms with E-state index in [4.69, 9.17) is 16.4 Å². The molecule has 1 aliphatic heterocycles. The lowest BCUT2D eigenvalue weighted by Crippen LogP contribution is -2.37. The average molecular weight is 385 g/mol. The quantitative estimate of drug-likeness (QED) is 0.680. The fourth-order valence-electron chi connectivity index (χ4n) is 3.16. The van der Waals surface area contributed by atoms with Gasteiger partial charge in [-0.3, -0.25) is 4.79 Å². The summed E-state index contributed by atoms with van der Waals surface area (Å²) in [5, 5.41) is 4.89. The van der Waals surface area contributed by atoms with E-state index in [-0.39, 0.29) is 12.0 Å². The second-order valence-electron chi connectivity index (χ2n) is 7.31. The third-order valence-electron chi connectivity index (χ3n) is 4.49. The first-order valence-electron chi connectivity index (χ1n) is 9.32. The lowest BCUT2D eigenvalue weighted by molar-refractivity contribution is -0.134. The molecule has 0 spiro atoms. The summed E-state index contributed by atoms with van der Waals surface area (Å²) >= 11 is 6.27. The second kappa shape index (κ2) is 9.05. The monoisotopic (exact) mass is 384 g/mol. The molecule has 0 fully saturated rings. The van der Waals surface area contributed by atoms with E-state index in [1.165, 1.54) is 0 Å². The Bertz CT molecular complexity index is 805. The van der Waals surface area contributed by atoms with Gasteiger partial charge in [0.2, 0.25) is 5.91 Å². The molecule has 1 aliphatic rings. The van der Waals surface area contributed by atoms with E-state index in [0.717, 1.165) is 16.8 Å². The molecule has 3 rings (SSSR count). The average Bonchev–Trinajstić information content (AvgIpc) is 3.10. The zero-order chi connectivity index (χ0) is 19.2. The van der Waals surface area contributed by atoms with E-state index in [1.807, 2.05) is 59.5 Å². The highest BCUT2D eigenvalue weighted by Crippen LogP contribution is 2.24. The van der Waals surface area contributed by atoms with Crippen LogP contribution in [0, 0.1) is 5.92 Å². The van der Waals surface area contributed by atoms with Crippen LogP contribution in [0.25, 0.3) is 0 Å². The molecule has 1 heterocycles. The number of hydrogen-bond donors (Lipinski definition) is 0. The maximum absolute atomic E-state index is 12.8. The predicted molar refractivity (Wildman–Crippen MR) is 109 cm³/mol. The molecule has 0 aliphatic carbocycles. The van der Waals surface area contributed by atoms with Crippen LogP contribution >= 0.6 is 11.6 Å². The van der Waals surface area contributed by atoms with Gasteiger partial charge in [0, 0.05) is 30.0 Å². The molecule has 0 aromatic heterocycles. The first-order valence-corrected chi connectivity index (χ1v) is 9.70. The number of carbonyl (C=O) groups excluding carboxylic acids is 1. The second-order valence-corrected chi connectivity index (χ2v) is 7.71. The molecule has 1 amide bonds. The third kappa shape index (κ3) is 5.33. The summed E-state index contributed by atoms with van der Waals surface area (Å²) in [7, 11) is 0. The Morgan fingerprint density at radius 2 is 1.89 bits per heavy atom. The predicted octanol–water partition coefficient (Wildman–Crippen LogP) is 4.91. The van der Waals surface area contributed by atoms with Crippen molar-refractivity contribution >= 4 is 23.2 Å². The van der Waals surface area contributed by atoms with Crippen molar-refractivity contribution in [2.24, 2.45) is 11.1 Å². The van der Waals surface area contributed by atoms with Gasteiger partial charge in [0.1, 0.15) is 0 Å². The van der Waals surface area contributed by atoms with Crippen LogP contribution in [-0.2, 0) is 16.2 Å². The van der Waals surface area contributed by atoms with Gasteiger partial charge >= 0.3 is 0 Å². The van der Waals surface area contributed by atoms with E-state index in [9.17, 15) is 4.79 Å². The molecule has 0 bridgehead atoms. The molecule has 142 valence electrons. The van der Waals surface area contributed by atoms with Gasteiger partial charge in [-0.15, -0.1) is 0 Å². The van der Waals surface area contributed by atoms with E-state index in [0.29, 0.717) is 36.9 Å². The molecular formula is C22H25ClN2O2. The normalized spacial score (nSPS) is 16.1. The van der Waals surface area contributed by atoms with Crippen LogP contribution in [0.15, 0.2) is 59.8 Å². The first kappa shape index (κ1) is 19.4. The highest BCUT2D eigenvalue weighted by atomic mass is 35.5. The highest BCUT2D eigenvalue weighted by molar-refractivity contribution is 6.34. The topological polar surface area (TPSA) is 41.9 Å². The van der Waals surface area contributed by atoms with Gasteiger partial charge in [0.05, 0.1) is 12.3 Å². The Morgan fingerprint density at radius 3 is 2.59 bits per heavy atom. The maximum Gasteiger partial charge on any atom is 0.223 e. The number of amides is 1. The summed E-state index contributed by atoms with van der Waals surface area (Å²) in [5.74, 6) is 0.457. The number of benzene rings is 2. The Morgan fingerprint density at radius 1 is 1.19 bits per heavy atom. The van der Waals surface area contributed by atoms with Crippen LogP contribution in [0.2, 0.25) is 5.02 Å². The molecule has 0 radical (unpaired) electrons. The minimum absolute atomic E-state index is 0.142. The summed E-state index contributed by atoms with van der Waals surface area (Å²) in [5.41, 5.74) is 2.84. The molecular weight excluding hydrogens is 360 g/mol. The summed E-state index contributed by atoms with van der Waals surface area (Å²) in [6, 6.07) is 17.7. The lowest BCUT2D eigenvalue weighted by atomic mass is 10.0. The van der Waals surface area contributed by atoms with Gasteiger partial charge < -0.3 is 9.74 Å². The van der Waals surface area contributed by atoms with Crippen LogP contribution in [0.5, 0.6) is 0 Å². The standard InChI is InChI=1S/C22H25ClN2O2/c1-16(2)12-22(26)25(14-17-8-4-3-5-9-17)15-18-13-21(24-27-18)19-10-6-7-11-20(19)23/h3-11,16,18H,12-15H2,1-2H3. The number of rotatable bonds is 7.